The summed E-state index contributed by atoms with van der Waals surface area (Å²) in [5.74, 6) is 1.39. The van der Waals surface area contributed by atoms with E-state index in [9.17, 15) is 8.42 Å². The zero-order chi connectivity index (χ0) is 14.9. The molecule has 21 heavy (non-hydrogen) atoms. The molecule has 0 unspecified atom stereocenters. The van der Waals surface area contributed by atoms with E-state index in [0.29, 0.717) is 16.0 Å². The van der Waals surface area contributed by atoms with Crippen LogP contribution in [-0.2, 0) is 23.1 Å². The van der Waals surface area contributed by atoms with Crippen molar-refractivity contribution in [2.75, 3.05) is 0 Å². The first-order chi connectivity index (χ1) is 10.0. The fourth-order valence-corrected chi connectivity index (χ4v) is 4.29. The molecule has 0 spiro atoms. The second-order valence-electron chi connectivity index (χ2n) is 5.21. The smallest absolute Gasteiger partial charge is 0.250 e. The van der Waals surface area contributed by atoms with Gasteiger partial charge in [-0.05, 0) is 44.0 Å². The zero-order valence-corrected chi connectivity index (χ0v) is 13.4. The zero-order valence-electron chi connectivity index (χ0n) is 11.8. The quantitative estimate of drug-likeness (QED) is 0.819. The highest BCUT2D eigenvalue weighted by Crippen LogP contribution is 2.24. The molecule has 0 saturated heterocycles. The van der Waals surface area contributed by atoms with Gasteiger partial charge in [-0.1, -0.05) is 0 Å². The average Bonchev–Trinajstić information content (AvgIpc) is 2.97. The molecule has 1 saturated carbocycles. The first-order valence-corrected chi connectivity index (χ1v) is 9.20. The maximum Gasteiger partial charge on any atom is 0.250 e. The van der Waals surface area contributed by atoms with Crippen LogP contribution in [0.15, 0.2) is 32.9 Å². The van der Waals surface area contributed by atoms with Gasteiger partial charge in [-0.25, -0.2) is 13.1 Å². The Bertz CT molecular complexity index is 714. The Kier molecular flexibility index (Phi) is 4.17. The largest absolute Gasteiger partial charge is 0.465 e. The molecule has 0 amide bonds. The maximum atomic E-state index is 12.2. The van der Waals surface area contributed by atoms with Crippen LogP contribution in [0.5, 0.6) is 0 Å². The number of rotatable bonds is 7. The molecule has 2 aromatic rings. The van der Waals surface area contributed by atoms with Crippen LogP contribution in [0, 0.1) is 6.92 Å². The molecule has 1 aliphatic carbocycles. The van der Waals surface area contributed by atoms with Crippen molar-refractivity contribution in [1.29, 1.82) is 0 Å². The van der Waals surface area contributed by atoms with E-state index in [1.165, 1.54) is 24.2 Å². The summed E-state index contributed by atoms with van der Waals surface area (Å²) in [5.41, 5.74) is 0. The van der Waals surface area contributed by atoms with Gasteiger partial charge < -0.3 is 9.73 Å². The predicted molar refractivity (Wildman–Crippen MR) is 81.7 cm³/mol. The molecular weight excluding hydrogens is 308 g/mol. The lowest BCUT2D eigenvalue weighted by Crippen LogP contribution is -2.22. The second kappa shape index (κ2) is 5.92. The van der Waals surface area contributed by atoms with Crippen molar-refractivity contribution in [2.24, 2.45) is 0 Å². The van der Waals surface area contributed by atoms with Crippen molar-refractivity contribution in [3.8, 4) is 0 Å². The summed E-state index contributed by atoms with van der Waals surface area (Å²) >= 11 is 1.31. The van der Waals surface area contributed by atoms with E-state index in [0.717, 1.165) is 17.2 Å². The van der Waals surface area contributed by atoms with Gasteiger partial charge in [0.25, 0.3) is 0 Å². The Labute approximate surface area is 128 Å². The third kappa shape index (κ3) is 3.94. The fourth-order valence-electron chi connectivity index (χ4n) is 1.95. The van der Waals surface area contributed by atoms with Crippen molar-refractivity contribution in [3.63, 3.8) is 0 Å². The highest BCUT2D eigenvalue weighted by Gasteiger charge is 2.21. The molecule has 7 heteroatoms. The van der Waals surface area contributed by atoms with Crippen LogP contribution >= 0.6 is 11.3 Å². The fraction of sp³-hybridized carbons (Fsp3) is 0.429. The van der Waals surface area contributed by atoms with Crippen LogP contribution in [0.25, 0.3) is 0 Å². The van der Waals surface area contributed by atoms with Gasteiger partial charge in [-0.15, -0.1) is 11.3 Å². The molecule has 2 heterocycles. The summed E-state index contributed by atoms with van der Waals surface area (Å²) in [6, 6.07) is 7.73. The van der Waals surface area contributed by atoms with Crippen LogP contribution in [0.2, 0.25) is 0 Å². The number of nitrogens with one attached hydrogen (secondary N) is 2. The topological polar surface area (TPSA) is 71.3 Å². The number of aryl methyl sites for hydroxylation is 1. The summed E-state index contributed by atoms with van der Waals surface area (Å²) in [6.45, 7) is 2.74. The van der Waals surface area contributed by atoms with E-state index >= 15 is 0 Å². The molecule has 0 atom stereocenters. The van der Waals surface area contributed by atoms with Crippen molar-refractivity contribution in [2.45, 2.75) is 43.1 Å². The van der Waals surface area contributed by atoms with E-state index in [1.807, 2.05) is 19.1 Å². The first kappa shape index (κ1) is 14.8. The molecule has 5 nitrogen and oxygen atoms in total. The Balaban J connectivity index is 1.60. The van der Waals surface area contributed by atoms with Crippen molar-refractivity contribution >= 4 is 21.4 Å². The summed E-state index contributed by atoms with van der Waals surface area (Å²) in [4.78, 5) is 1.04. The van der Waals surface area contributed by atoms with Crippen LogP contribution in [-0.4, -0.2) is 14.5 Å². The van der Waals surface area contributed by atoms with Gasteiger partial charge in [0.05, 0.1) is 6.54 Å². The van der Waals surface area contributed by atoms with Gasteiger partial charge >= 0.3 is 0 Å². The Morgan fingerprint density at radius 3 is 2.71 bits per heavy atom. The summed E-state index contributed by atoms with van der Waals surface area (Å²) in [7, 11) is -3.47. The lowest BCUT2D eigenvalue weighted by molar-refractivity contribution is 0.475. The third-order valence-corrected chi connectivity index (χ3v) is 6.25. The first-order valence-electron chi connectivity index (χ1n) is 6.90. The molecule has 114 valence electrons. The van der Waals surface area contributed by atoms with Crippen molar-refractivity contribution in [3.05, 3.63) is 40.7 Å². The van der Waals surface area contributed by atoms with Crippen molar-refractivity contribution < 1.29 is 12.8 Å². The number of thiophene rings is 1. The van der Waals surface area contributed by atoms with E-state index in [4.69, 9.17) is 4.42 Å². The number of sulfonamides is 1. The van der Waals surface area contributed by atoms with Crippen LogP contribution < -0.4 is 10.0 Å². The summed E-state index contributed by atoms with van der Waals surface area (Å²) in [5, 5.41) is 3.38. The van der Waals surface area contributed by atoms with Gasteiger partial charge in [-0.3, -0.25) is 0 Å². The van der Waals surface area contributed by atoms with E-state index in [1.54, 1.807) is 12.1 Å². The molecule has 0 aliphatic heterocycles. The average molecular weight is 326 g/mol. The van der Waals surface area contributed by atoms with Crippen LogP contribution in [0.1, 0.15) is 29.2 Å². The van der Waals surface area contributed by atoms with Gasteiger partial charge in [0.15, 0.2) is 0 Å². The minimum atomic E-state index is -3.47. The second-order valence-corrected chi connectivity index (χ2v) is 8.37. The van der Waals surface area contributed by atoms with Gasteiger partial charge in [0.2, 0.25) is 10.0 Å². The Morgan fingerprint density at radius 2 is 2.05 bits per heavy atom. The molecule has 1 aliphatic rings. The molecule has 2 aromatic heterocycles. The number of furan rings is 1. The summed E-state index contributed by atoms with van der Waals surface area (Å²) < 4.78 is 32.7. The van der Waals surface area contributed by atoms with Gasteiger partial charge in [0, 0.05) is 17.5 Å². The monoisotopic (exact) mass is 326 g/mol. The minimum absolute atomic E-state index is 0.170. The standard InChI is InChI=1S/C14H18N2O3S2/c1-10-2-5-12(19-10)8-16-21(17,18)14-7-6-13(20-14)9-15-11-3-4-11/h2,5-7,11,15-16H,3-4,8-9H2,1H3. The molecule has 0 radical (unpaired) electrons. The lowest BCUT2D eigenvalue weighted by Gasteiger charge is -2.02. The Morgan fingerprint density at radius 1 is 1.24 bits per heavy atom. The number of hydrogen-bond acceptors (Lipinski definition) is 5. The lowest BCUT2D eigenvalue weighted by atomic mass is 10.4. The molecular formula is C14H18N2O3S2. The highest BCUT2D eigenvalue weighted by atomic mass is 32.2. The van der Waals surface area contributed by atoms with E-state index in [2.05, 4.69) is 10.0 Å². The maximum absolute atomic E-state index is 12.2. The predicted octanol–water partition coefficient (Wildman–Crippen LogP) is 2.38. The van der Waals surface area contributed by atoms with Crippen molar-refractivity contribution in [1.82, 2.24) is 10.0 Å². The molecule has 0 bridgehead atoms. The molecule has 2 N–H and O–H groups in total. The number of hydrogen-bond donors (Lipinski definition) is 2. The normalized spacial score (nSPS) is 15.5. The molecule has 3 rings (SSSR count). The Hall–Kier alpha value is -1.15. The van der Waals surface area contributed by atoms with Crippen LogP contribution in [0.3, 0.4) is 0 Å². The highest BCUT2D eigenvalue weighted by molar-refractivity contribution is 7.91. The SMILES string of the molecule is Cc1ccc(CNS(=O)(=O)c2ccc(CNC3CC3)s2)o1. The van der Waals surface area contributed by atoms with E-state index < -0.39 is 10.0 Å². The van der Waals surface area contributed by atoms with E-state index in [-0.39, 0.29) is 6.54 Å². The van der Waals surface area contributed by atoms with Gasteiger partial charge in [-0.2, -0.15) is 0 Å². The molecule has 0 aromatic carbocycles. The third-order valence-electron chi connectivity index (χ3n) is 3.28. The summed E-state index contributed by atoms with van der Waals surface area (Å²) in [6.07, 6.45) is 2.45. The molecule has 1 fully saturated rings. The van der Waals surface area contributed by atoms with Crippen LogP contribution in [0.4, 0.5) is 0 Å². The van der Waals surface area contributed by atoms with Gasteiger partial charge in [0.1, 0.15) is 15.7 Å². The minimum Gasteiger partial charge on any atom is -0.465 e.